The summed E-state index contributed by atoms with van der Waals surface area (Å²) in [6.45, 7) is 3.09. The predicted molar refractivity (Wildman–Crippen MR) is 96.1 cm³/mol. The van der Waals surface area contributed by atoms with Gasteiger partial charge in [0, 0.05) is 17.9 Å². The van der Waals surface area contributed by atoms with Crippen molar-refractivity contribution in [1.82, 2.24) is 0 Å². The van der Waals surface area contributed by atoms with E-state index in [0.29, 0.717) is 10.6 Å². The highest BCUT2D eigenvalue weighted by Crippen LogP contribution is 2.26. The Hall–Kier alpha value is -1.11. The van der Waals surface area contributed by atoms with E-state index in [1.54, 1.807) is 24.3 Å². The lowest BCUT2D eigenvalue weighted by Gasteiger charge is -2.33. The molecule has 0 radical (unpaired) electrons. The van der Waals surface area contributed by atoms with Crippen LogP contribution in [0.2, 0.25) is 5.02 Å². The zero-order valence-corrected chi connectivity index (χ0v) is 17.2. The largest absolute Gasteiger partial charge is 1.00 e. The fourth-order valence-corrected chi connectivity index (χ4v) is 3.47. The van der Waals surface area contributed by atoms with Crippen molar-refractivity contribution in [3.63, 3.8) is 0 Å². The van der Waals surface area contributed by atoms with Gasteiger partial charge in [-0.2, -0.15) is 0 Å². The van der Waals surface area contributed by atoms with Crippen LogP contribution in [0.5, 0.6) is 0 Å². The standard InChI is InChI=1S/C20H23ClNO2.HI/c1-22(13-5-6-14-22)15-19(16-7-3-2-4-8-16)24-20(23)17-9-11-18(21)12-10-17;/h2-4,7-12,19H,5-6,13-15H2,1H3;1H/q+1;/p-1. The Kier molecular flexibility index (Phi) is 7.28. The van der Waals surface area contributed by atoms with Gasteiger partial charge in [-0.25, -0.2) is 4.79 Å². The van der Waals surface area contributed by atoms with Crippen LogP contribution in [0.4, 0.5) is 0 Å². The molecule has 2 aromatic rings. The SMILES string of the molecule is C[N+]1(CC(OC(=O)c2ccc(Cl)cc2)c2ccccc2)CCCC1.[I-]. The molecule has 2 aromatic carbocycles. The number of carbonyl (C=O) groups excluding carboxylic acids is 1. The molecule has 3 rings (SSSR count). The topological polar surface area (TPSA) is 26.3 Å². The fourth-order valence-electron chi connectivity index (χ4n) is 3.34. The summed E-state index contributed by atoms with van der Waals surface area (Å²) < 4.78 is 6.84. The molecule has 0 aliphatic carbocycles. The van der Waals surface area contributed by atoms with Crippen LogP contribution in [0.25, 0.3) is 0 Å². The van der Waals surface area contributed by atoms with Gasteiger partial charge in [-0.15, -0.1) is 0 Å². The van der Waals surface area contributed by atoms with Crippen LogP contribution >= 0.6 is 11.6 Å². The number of quaternary nitrogens is 1. The number of halogens is 2. The van der Waals surface area contributed by atoms with E-state index in [0.717, 1.165) is 29.7 Å². The van der Waals surface area contributed by atoms with Crippen LogP contribution in [0.1, 0.15) is 34.9 Å². The Balaban J connectivity index is 0.00000225. The Bertz CT molecular complexity index is 685. The maximum atomic E-state index is 12.5. The Morgan fingerprint density at radius 1 is 1.08 bits per heavy atom. The minimum Gasteiger partial charge on any atom is -1.00 e. The molecule has 1 heterocycles. The third-order valence-electron chi connectivity index (χ3n) is 4.75. The molecule has 0 bridgehead atoms. The van der Waals surface area contributed by atoms with Gasteiger partial charge in [-0.05, 0) is 29.8 Å². The number of nitrogens with zero attached hydrogens (tertiary/aromatic N) is 1. The van der Waals surface area contributed by atoms with Crippen molar-refractivity contribution in [2.75, 3.05) is 26.7 Å². The van der Waals surface area contributed by atoms with E-state index in [9.17, 15) is 4.79 Å². The molecule has 1 aliphatic rings. The summed E-state index contributed by atoms with van der Waals surface area (Å²) in [6, 6.07) is 16.9. The number of hydrogen-bond acceptors (Lipinski definition) is 2. The molecule has 1 atom stereocenters. The fraction of sp³-hybridized carbons (Fsp3) is 0.350. The highest BCUT2D eigenvalue weighted by atomic mass is 127. The maximum absolute atomic E-state index is 12.5. The van der Waals surface area contributed by atoms with Gasteiger partial charge in [0.1, 0.15) is 6.54 Å². The monoisotopic (exact) mass is 471 g/mol. The summed E-state index contributed by atoms with van der Waals surface area (Å²) in [6.07, 6.45) is 2.24. The summed E-state index contributed by atoms with van der Waals surface area (Å²) >= 11 is 5.90. The van der Waals surface area contributed by atoms with Crippen LogP contribution in [0, 0.1) is 0 Å². The third kappa shape index (κ3) is 5.43. The summed E-state index contributed by atoms with van der Waals surface area (Å²) in [5.41, 5.74) is 1.58. The van der Waals surface area contributed by atoms with E-state index in [1.165, 1.54) is 12.8 Å². The molecular weight excluding hydrogens is 449 g/mol. The predicted octanol–water partition coefficient (Wildman–Crippen LogP) is 1.48. The number of ether oxygens (including phenoxy) is 1. The first-order chi connectivity index (χ1) is 11.6. The highest BCUT2D eigenvalue weighted by molar-refractivity contribution is 6.30. The summed E-state index contributed by atoms with van der Waals surface area (Å²) in [5, 5.41) is 0.612. The highest BCUT2D eigenvalue weighted by Gasteiger charge is 2.33. The number of hydrogen-bond donors (Lipinski definition) is 0. The lowest BCUT2D eigenvalue weighted by atomic mass is 10.1. The second-order valence-corrected chi connectivity index (χ2v) is 7.20. The third-order valence-corrected chi connectivity index (χ3v) is 5.01. The van der Waals surface area contributed by atoms with Crippen molar-refractivity contribution in [2.45, 2.75) is 18.9 Å². The van der Waals surface area contributed by atoms with Crippen LogP contribution in [-0.2, 0) is 4.74 Å². The minimum atomic E-state index is -0.300. The smallest absolute Gasteiger partial charge is 0.338 e. The van der Waals surface area contributed by atoms with E-state index in [-0.39, 0.29) is 36.0 Å². The molecule has 1 aliphatic heterocycles. The molecule has 25 heavy (non-hydrogen) atoms. The van der Waals surface area contributed by atoms with Crippen molar-refractivity contribution in [2.24, 2.45) is 0 Å². The van der Waals surface area contributed by atoms with Crippen molar-refractivity contribution in [3.05, 3.63) is 70.7 Å². The molecule has 1 fully saturated rings. The first-order valence-corrected chi connectivity index (χ1v) is 8.79. The number of carbonyl (C=O) groups is 1. The van der Waals surface area contributed by atoms with Gasteiger partial charge in [0.2, 0.25) is 0 Å². The normalized spacial score (nSPS) is 16.7. The van der Waals surface area contributed by atoms with Gasteiger partial charge in [0.05, 0.1) is 25.7 Å². The van der Waals surface area contributed by atoms with E-state index < -0.39 is 0 Å². The number of esters is 1. The summed E-state index contributed by atoms with van der Waals surface area (Å²) in [5.74, 6) is -0.300. The van der Waals surface area contributed by atoms with E-state index >= 15 is 0 Å². The van der Waals surface area contributed by atoms with Crippen molar-refractivity contribution >= 4 is 17.6 Å². The molecule has 0 spiro atoms. The maximum Gasteiger partial charge on any atom is 0.338 e. The van der Waals surface area contributed by atoms with Gasteiger partial charge < -0.3 is 33.2 Å². The number of likely N-dealkylation sites (tertiary alicyclic amines) is 1. The molecule has 5 heteroatoms. The average molecular weight is 472 g/mol. The van der Waals surface area contributed by atoms with Crippen LogP contribution in [0.15, 0.2) is 54.6 Å². The molecule has 134 valence electrons. The van der Waals surface area contributed by atoms with Crippen LogP contribution in [-0.4, -0.2) is 37.1 Å². The Morgan fingerprint density at radius 2 is 1.68 bits per heavy atom. The first-order valence-electron chi connectivity index (χ1n) is 8.41. The van der Waals surface area contributed by atoms with E-state index in [1.807, 2.05) is 30.3 Å². The lowest BCUT2D eigenvalue weighted by molar-refractivity contribution is -0.901. The zero-order chi connectivity index (χ0) is 17.0. The first kappa shape index (κ1) is 20.2. The Labute approximate surface area is 171 Å². The van der Waals surface area contributed by atoms with Crippen molar-refractivity contribution < 1.29 is 38.0 Å². The molecule has 1 unspecified atom stereocenters. The average Bonchev–Trinajstić information content (AvgIpc) is 3.02. The summed E-state index contributed by atoms with van der Waals surface area (Å²) in [4.78, 5) is 12.5. The Morgan fingerprint density at radius 3 is 2.28 bits per heavy atom. The molecule has 0 saturated carbocycles. The van der Waals surface area contributed by atoms with E-state index in [4.69, 9.17) is 16.3 Å². The van der Waals surface area contributed by atoms with Gasteiger partial charge in [-0.3, -0.25) is 0 Å². The van der Waals surface area contributed by atoms with Crippen molar-refractivity contribution in [1.29, 1.82) is 0 Å². The van der Waals surface area contributed by atoms with E-state index in [2.05, 4.69) is 7.05 Å². The van der Waals surface area contributed by atoms with Crippen LogP contribution < -0.4 is 24.0 Å². The molecule has 0 N–H and O–H groups in total. The van der Waals surface area contributed by atoms with Crippen molar-refractivity contribution in [3.8, 4) is 0 Å². The van der Waals surface area contributed by atoms with Crippen LogP contribution in [0.3, 0.4) is 0 Å². The van der Waals surface area contributed by atoms with Gasteiger partial charge in [0.25, 0.3) is 0 Å². The van der Waals surface area contributed by atoms with Gasteiger partial charge in [-0.1, -0.05) is 41.9 Å². The number of benzene rings is 2. The molecule has 0 amide bonds. The quantitative estimate of drug-likeness (QED) is 0.375. The zero-order valence-electron chi connectivity index (χ0n) is 14.3. The van der Waals surface area contributed by atoms with Gasteiger partial charge in [0.15, 0.2) is 6.10 Å². The summed E-state index contributed by atoms with van der Waals surface area (Å²) in [7, 11) is 2.25. The molecule has 3 nitrogen and oxygen atoms in total. The minimum absolute atomic E-state index is 0. The second kappa shape index (κ2) is 9.01. The molecule has 1 saturated heterocycles. The van der Waals surface area contributed by atoms with Gasteiger partial charge >= 0.3 is 5.97 Å². The number of rotatable bonds is 5. The second-order valence-electron chi connectivity index (χ2n) is 6.77. The molecule has 0 aromatic heterocycles. The number of likely N-dealkylation sites (N-methyl/N-ethyl adjacent to an activating group) is 1. The molecular formula is C20H23ClINO2. The lowest BCUT2D eigenvalue weighted by Crippen LogP contribution is -3.00.